The van der Waals surface area contributed by atoms with Crippen molar-refractivity contribution in [1.29, 1.82) is 0 Å². The number of non-ortho nitro benzene ring substituents is 1. The molecule has 7 nitrogen and oxygen atoms in total. The minimum Gasteiger partial charge on any atom is -0.341 e. The number of piperidine rings is 1. The van der Waals surface area contributed by atoms with Gasteiger partial charge < -0.3 is 15.2 Å². The predicted molar refractivity (Wildman–Crippen MR) is 84.3 cm³/mol. The Balaban J connectivity index is 0.00000161. The first-order valence-corrected chi connectivity index (χ1v) is 6.74. The molecule has 3 rings (SSSR count). The summed E-state index contributed by atoms with van der Waals surface area (Å²) in [6, 6.07) is 5.17. The average molecular weight is 312 g/mol. The summed E-state index contributed by atoms with van der Waals surface area (Å²) in [6.07, 6.45) is 2.28. The van der Waals surface area contributed by atoms with Crippen molar-refractivity contribution in [3.8, 4) is 0 Å². The maximum Gasteiger partial charge on any atom is 0.271 e. The van der Waals surface area contributed by atoms with E-state index in [4.69, 9.17) is 0 Å². The lowest BCUT2D eigenvalue weighted by atomic mass is 10.1. The van der Waals surface area contributed by atoms with Crippen LogP contribution in [-0.2, 0) is 0 Å². The molecule has 0 bridgehead atoms. The highest BCUT2D eigenvalue weighted by molar-refractivity contribution is 5.85. The van der Waals surface area contributed by atoms with E-state index in [1.807, 2.05) is 7.05 Å². The highest BCUT2D eigenvalue weighted by Gasteiger charge is 2.21. The molecule has 0 aliphatic carbocycles. The Kier molecular flexibility index (Phi) is 4.64. The molecule has 0 saturated carbocycles. The zero-order valence-corrected chi connectivity index (χ0v) is 12.5. The summed E-state index contributed by atoms with van der Waals surface area (Å²) >= 11 is 0. The molecule has 2 heterocycles. The van der Waals surface area contributed by atoms with Crippen LogP contribution in [0.4, 0.5) is 11.6 Å². The molecular weight excluding hydrogens is 294 g/mol. The average Bonchev–Trinajstić information content (AvgIpc) is 2.90. The number of fused-ring (bicyclic) bond motifs is 1. The Morgan fingerprint density at radius 1 is 1.52 bits per heavy atom. The molecule has 0 amide bonds. The first-order chi connectivity index (χ1) is 9.67. The standard InChI is InChI=1S/C13H17N5O2.ClH/c1-14-9-3-2-6-17(8-9)13-15-11-5-4-10(18(19)20)7-12(11)16-13;/h4-5,7,9,14H,2-3,6,8H2,1H3,(H,15,16);1H. The summed E-state index contributed by atoms with van der Waals surface area (Å²) < 4.78 is 0. The number of anilines is 1. The largest absolute Gasteiger partial charge is 0.341 e. The summed E-state index contributed by atoms with van der Waals surface area (Å²) in [4.78, 5) is 20.3. The fraction of sp³-hybridized carbons (Fsp3) is 0.462. The minimum atomic E-state index is -0.391. The number of rotatable bonds is 3. The number of nitro groups is 1. The smallest absolute Gasteiger partial charge is 0.271 e. The van der Waals surface area contributed by atoms with Crippen LogP contribution in [0.3, 0.4) is 0 Å². The molecular formula is C13H18ClN5O2. The van der Waals surface area contributed by atoms with E-state index in [1.165, 1.54) is 18.6 Å². The summed E-state index contributed by atoms with van der Waals surface area (Å²) in [7, 11) is 1.97. The van der Waals surface area contributed by atoms with Crippen LogP contribution in [0.5, 0.6) is 0 Å². The number of imidazole rings is 1. The second-order valence-corrected chi connectivity index (χ2v) is 5.09. The van der Waals surface area contributed by atoms with E-state index in [2.05, 4.69) is 20.2 Å². The van der Waals surface area contributed by atoms with E-state index in [-0.39, 0.29) is 18.1 Å². The number of nitro benzene ring substituents is 1. The fourth-order valence-electron chi connectivity index (χ4n) is 2.65. The van der Waals surface area contributed by atoms with Crippen molar-refractivity contribution >= 4 is 35.1 Å². The van der Waals surface area contributed by atoms with Crippen molar-refractivity contribution in [2.75, 3.05) is 25.0 Å². The molecule has 114 valence electrons. The van der Waals surface area contributed by atoms with Gasteiger partial charge in [-0.3, -0.25) is 10.1 Å². The van der Waals surface area contributed by atoms with Crippen LogP contribution in [0.25, 0.3) is 11.0 Å². The summed E-state index contributed by atoms with van der Waals surface area (Å²) in [5, 5.41) is 14.1. The van der Waals surface area contributed by atoms with Gasteiger partial charge in [0.25, 0.3) is 5.69 Å². The molecule has 1 saturated heterocycles. The first kappa shape index (κ1) is 15.5. The highest BCUT2D eigenvalue weighted by Crippen LogP contribution is 2.24. The third kappa shape index (κ3) is 3.08. The molecule has 2 N–H and O–H groups in total. The van der Waals surface area contributed by atoms with Gasteiger partial charge in [-0.25, -0.2) is 4.98 Å². The van der Waals surface area contributed by atoms with Gasteiger partial charge in [-0.2, -0.15) is 0 Å². The van der Waals surface area contributed by atoms with Gasteiger partial charge in [-0.15, -0.1) is 12.4 Å². The molecule has 21 heavy (non-hydrogen) atoms. The van der Waals surface area contributed by atoms with Gasteiger partial charge >= 0.3 is 0 Å². The van der Waals surface area contributed by atoms with Gasteiger partial charge in [0.15, 0.2) is 0 Å². The lowest BCUT2D eigenvalue weighted by Gasteiger charge is -2.32. The zero-order valence-electron chi connectivity index (χ0n) is 11.7. The predicted octanol–water partition coefficient (Wildman–Crippen LogP) is 2.08. The summed E-state index contributed by atoms with van der Waals surface area (Å²) in [5.41, 5.74) is 1.55. The summed E-state index contributed by atoms with van der Waals surface area (Å²) in [6.45, 7) is 1.86. The normalized spacial score (nSPS) is 18.5. The van der Waals surface area contributed by atoms with E-state index in [0.29, 0.717) is 11.6 Å². The molecule has 1 aromatic carbocycles. The van der Waals surface area contributed by atoms with Crippen LogP contribution in [-0.4, -0.2) is 41.1 Å². The molecule has 8 heteroatoms. The zero-order chi connectivity index (χ0) is 14.1. The molecule has 1 aliphatic rings. The maximum atomic E-state index is 10.8. The van der Waals surface area contributed by atoms with Gasteiger partial charge in [0.05, 0.1) is 16.0 Å². The lowest BCUT2D eigenvalue weighted by molar-refractivity contribution is -0.384. The second-order valence-electron chi connectivity index (χ2n) is 5.09. The SMILES string of the molecule is CNC1CCCN(c2nc3ccc([N+](=O)[O-])cc3[nH]2)C1.Cl. The monoisotopic (exact) mass is 311 g/mol. The van der Waals surface area contributed by atoms with Gasteiger partial charge in [-0.1, -0.05) is 0 Å². The quantitative estimate of drug-likeness (QED) is 0.669. The third-order valence-electron chi connectivity index (χ3n) is 3.79. The van der Waals surface area contributed by atoms with Crippen molar-refractivity contribution < 1.29 is 4.92 Å². The molecule has 2 aromatic rings. The Bertz CT molecular complexity index is 645. The number of nitrogens with zero attached hydrogens (tertiary/aromatic N) is 3. The Morgan fingerprint density at radius 3 is 3.05 bits per heavy atom. The number of halogens is 1. The van der Waals surface area contributed by atoms with Crippen molar-refractivity contribution in [1.82, 2.24) is 15.3 Å². The van der Waals surface area contributed by atoms with Crippen molar-refractivity contribution in [3.05, 3.63) is 28.3 Å². The number of nitrogens with one attached hydrogen (secondary N) is 2. The van der Waals surface area contributed by atoms with Crippen molar-refractivity contribution in [2.45, 2.75) is 18.9 Å². The lowest BCUT2D eigenvalue weighted by Crippen LogP contribution is -2.44. The van der Waals surface area contributed by atoms with E-state index in [0.717, 1.165) is 31.0 Å². The van der Waals surface area contributed by atoms with Crippen LogP contribution in [0.1, 0.15) is 12.8 Å². The molecule has 0 radical (unpaired) electrons. The van der Waals surface area contributed by atoms with E-state index >= 15 is 0 Å². The van der Waals surface area contributed by atoms with E-state index in [1.54, 1.807) is 6.07 Å². The van der Waals surface area contributed by atoms with Gasteiger partial charge in [0.2, 0.25) is 5.95 Å². The molecule has 1 aliphatic heterocycles. The number of hydrogen-bond acceptors (Lipinski definition) is 5. The number of likely N-dealkylation sites (N-methyl/N-ethyl adjacent to an activating group) is 1. The number of hydrogen-bond donors (Lipinski definition) is 2. The number of H-pyrrole nitrogens is 1. The van der Waals surface area contributed by atoms with Gasteiger partial charge in [-0.05, 0) is 26.0 Å². The highest BCUT2D eigenvalue weighted by atomic mass is 35.5. The van der Waals surface area contributed by atoms with Gasteiger partial charge in [0.1, 0.15) is 0 Å². The number of aromatic amines is 1. The van der Waals surface area contributed by atoms with Crippen LogP contribution in [0.2, 0.25) is 0 Å². The number of aromatic nitrogens is 2. The first-order valence-electron chi connectivity index (χ1n) is 6.74. The fourth-order valence-corrected chi connectivity index (χ4v) is 2.65. The Morgan fingerprint density at radius 2 is 2.33 bits per heavy atom. The Labute approximate surface area is 128 Å². The van der Waals surface area contributed by atoms with Crippen LogP contribution in [0.15, 0.2) is 18.2 Å². The molecule has 0 spiro atoms. The van der Waals surface area contributed by atoms with Crippen LogP contribution in [0, 0.1) is 10.1 Å². The second kappa shape index (κ2) is 6.28. The maximum absolute atomic E-state index is 10.8. The number of benzene rings is 1. The van der Waals surface area contributed by atoms with E-state index < -0.39 is 4.92 Å². The molecule has 1 aromatic heterocycles. The summed E-state index contributed by atoms with van der Waals surface area (Å²) in [5.74, 6) is 0.792. The van der Waals surface area contributed by atoms with Gasteiger partial charge in [0, 0.05) is 31.3 Å². The molecule has 1 atom stereocenters. The molecule has 1 unspecified atom stereocenters. The molecule has 1 fully saturated rings. The van der Waals surface area contributed by atoms with E-state index in [9.17, 15) is 10.1 Å². The van der Waals surface area contributed by atoms with Crippen LogP contribution >= 0.6 is 12.4 Å². The van der Waals surface area contributed by atoms with Crippen molar-refractivity contribution in [3.63, 3.8) is 0 Å². The van der Waals surface area contributed by atoms with Crippen molar-refractivity contribution in [2.24, 2.45) is 0 Å². The third-order valence-corrected chi connectivity index (χ3v) is 3.79. The Hall–Kier alpha value is -1.86. The van der Waals surface area contributed by atoms with Crippen LogP contribution < -0.4 is 10.2 Å². The topological polar surface area (TPSA) is 87.1 Å². The minimum absolute atomic E-state index is 0.